The Kier molecular flexibility index (Phi) is 5.38. The van der Waals surface area contributed by atoms with Gasteiger partial charge in [0, 0.05) is 35.9 Å². The fourth-order valence-electron chi connectivity index (χ4n) is 3.32. The number of hydrogen-bond acceptors (Lipinski definition) is 3. The van der Waals surface area contributed by atoms with Crippen molar-refractivity contribution < 1.29 is 9.59 Å². The van der Waals surface area contributed by atoms with Crippen LogP contribution in [0.2, 0.25) is 0 Å². The molecule has 2 heterocycles. The summed E-state index contributed by atoms with van der Waals surface area (Å²) in [7, 11) is 1.64. The summed E-state index contributed by atoms with van der Waals surface area (Å²) in [5.74, 6) is 0. The number of likely N-dealkylation sites (tertiary alicyclic amines) is 1. The van der Waals surface area contributed by atoms with Gasteiger partial charge in [0.25, 0.3) is 0 Å². The predicted octanol–water partition coefficient (Wildman–Crippen LogP) is 3.49. The number of benzene rings is 1. The van der Waals surface area contributed by atoms with Gasteiger partial charge in [0.2, 0.25) is 6.41 Å². The maximum Gasteiger partial charge on any atom is 0.317 e. The molecule has 0 atom stereocenters. The van der Waals surface area contributed by atoms with Gasteiger partial charge in [0.15, 0.2) is 0 Å². The quantitative estimate of drug-likeness (QED) is 0.852. The van der Waals surface area contributed by atoms with Crippen LogP contribution >= 0.6 is 11.3 Å². The van der Waals surface area contributed by atoms with Gasteiger partial charge < -0.3 is 15.1 Å². The Morgan fingerprint density at radius 3 is 2.56 bits per heavy atom. The van der Waals surface area contributed by atoms with Crippen LogP contribution in [-0.2, 0) is 4.79 Å². The summed E-state index contributed by atoms with van der Waals surface area (Å²) in [5, 5.41) is 2.66. The van der Waals surface area contributed by atoms with Crippen molar-refractivity contribution >= 4 is 29.5 Å². The van der Waals surface area contributed by atoms with Crippen molar-refractivity contribution in [2.24, 2.45) is 0 Å². The number of rotatable bonds is 4. The van der Waals surface area contributed by atoms with Crippen molar-refractivity contribution in [2.75, 3.05) is 25.0 Å². The molecule has 1 aliphatic rings. The Morgan fingerprint density at radius 2 is 1.96 bits per heavy atom. The molecule has 6 heteroatoms. The highest BCUT2D eigenvalue weighted by Crippen LogP contribution is 2.37. The first-order valence-electron chi connectivity index (χ1n) is 8.50. The molecule has 5 nitrogen and oxygen atoms in total. The molecular weight excluding hydrogens is 334 g/mol. The number of anilines is 1. The molecular formula is C19H23N3O2S. The molecule has 1 aliphatic heterocycles. The number of urea groups is 1. The minimum atomic E-state index is -0.0471. The first-order valence-corrected chi connectivity index (χ1v) is 9.32. The van der Waals surface area contributed by atoms with E-state index in [1.165, 1.54) is 10.4 Å². The van der Waals surface area contributed by atoms with Gasteiger partial charge in [0.1, 0.15) is 0 Å². The lowest BCUT2D eigenvalue weighted by molar-refractivity contribution is -0.108. The molecule has 3 rings (SSSR count). The summed E-state index contributed by atoms with van der Waals surface area (Å²) in [4.78, 5) is 29.5. The fourth-order valence-corrected chi connectivity index (χ4v) is 4.34. The highest BCUT2D eigenvalue weighted by Gasteiger charge is 2.28. The normalized spacial score (nSPS) is 15.0. The summed E-state index contributed by atoms with van der Waals surface area (Å²) in [6, 6.07) is 12.4. The van der Waals surface area contributed by atoms with Crippen molar-refractivity contribution in [1.82, 2.24) is 10.2 Å². The molecule has 132 valence electrons. The average molecular weight is 357 g/mol. The highest BCUT2D eigenvalue weighted by atomic mass is 32.1. The number of carbonyl (C=O) groups is 2. The minimum Gasteiger partial charge on any atom is -0.341 e. The lowest BCUT2D eigenvalue weighted by Gasteiger charge is -2.36. The Labute approximate surface area is 152 Å². The zero-order valence-electron chi connectivity index (χ0n) is 14.6. The molecule has 1 saturated heterocycles. The SMILES string of the molecule is CNC(=O)N1CCC(N(C=O)c2cc(-c3ccccc3)sc2C)CC1. The molecule has 0 radical (unpaired) electrons. The lowest BCUT2D eigenvalue weighted by Crippen LogP contribution is -2.48. The van der Waals surface area contributed by atoms with E-state index in [2.05, 4.69) is 30.4 Å². The molecule has 0 unspecified atom stereocenters. The van der Waals surface area contributed by atoms with E-state index < -0.39 is 0 Å². The van der Waals surface area contributed by atoms with E-state index in [0.29, 0.717) is 13.1 Å². The van der Waals surface area contributed by atoms with Crippen LogP contribution in [0.15, 0.2) is 36.4 Å². The van der Waals surface area contributed by atoms with Gasteiger partial charge >= 0.3 is 6.03 Å². The van der Waals surface area contributed by atoms with Gasteiger partial charge in [-0.25, -0.2) is 4.79 Å². The van der Waals surface area contributed by atoms with Crippen molar-refractivity contribution in [2.45, 2.75) is 25.8 Å². The maximum atomic E-state index is 11.8. The Morgan fingerprint density at radius 1 is 1.28 bits per heavy atom. The van der Waals surface area contributed by atoms with Crippen LogP contribution in [0.25, 0.3) is 10.4 Å². The van der Waals surface area contributed by atoms with Crippen LogP contribution in [0.1, 0.15) is 17.7 Å². The molecule has 0 bridgehead atoms. The number of nitrogens with one attached hydrogen (secondary N) is 1. The van der Waals surface area contributed by atoms with Crippen molar-refractivity contribution in [1.29, 1.82) is 0 Å². The van der Waals surface area contributed by atoms with Gasteiger partial charge in [-0.1, -0.05) is 30.3 Å². The second kappa shape index (κ2) is 7.70. The molecule has 0 spiro atoms. The number of nitrogens with zero attached hydrogens (tertiary/aromatic N) is 2. The molecule has 25 heavy (non-hydrogen) atoms. The number of carbonyl (C=O) groups excluding carboxylic acids is 2. The second-order valence-electron chi connectivity index (χ2n) is 6.20. The fraction of sp³-hybridized carbons (Fsp3) is 0.368. The van der Waals surface area contributed by atoms with Crippen LogP contribution in [0.3, 0.4) is 0 Å². The van der Waals surface area contributed by atoms with Crippen LogP contribution < -0.4 is 10.2 Å². The van der Waals surface area contributed by atoms with Crippen LogP contribution in [0.4, 0.5) is 10.5 Å². The lowest BCUT2D eigenvalue weighted by atomic mass is 10.0. The highest BCUT2D eigenvalue weighted by molar-refractivity contribution is 7.16. The Hall–Kier alpha value is -2.34. The third-order valence-electron chi connectivity index (χ3n) is 4.70. The van der Waals surface area contributed by atoms with Crippen LogP contribution in [0, 0.1) is 6.92 Å². The number of amides is 3. The van der Waals surface area contributed by atoms with E-state index in [9.17, 15) is 9.59 Å². The molecule has 2 aromatic rings. The van der Waals surface area contributed by atoms with Crippen LogP contribution in [0.5, 0.6) is 0 Å². The number of piperidine rings is 1. The number of hydrogen-bond donors (Lipinski definition) is 1. The summed E-state index contributed by atoms with van der Waals surface area (Å²) < 4.78 is 0. The summed E-state index contributed by atoms with van der Waals surface area (Å²) in [6.07, 6.45) is 2.52. The van der Waals surface area contributed by atoms with Gasteiger partial charge in [-0.15, -0.1) is 11.3 Å². The second-order valence-corrected chi connectivity index (χ2v) is 7.46. The average Bonchev–Trinajstić information content (AvgIpc) is 3.05. The standard InChI is InChI=1S/C19H23N3O2S/c1-14-17(12-18(25-14)15-6-4-3-5-7-15)22(13-23)16-8-10-21(11-9-16)19(24)20-2/h3-7,12-13,16H,8-11H2,1-2H3,(H,20,24). The topological polar surface area (TPSA) is 52.7 Å². The predicted molar refractivity (Wildman–Crippen MR) is 102 cm³/mol. The van der Waals surface area contributed by atoms with Crippen molar-refractivity contribution in [3.63, 3.8) is 0 Å². The van der Waals surface area contributed by atoms with Gasteiger partial charge in [-0.2, -0.15) is 0 Å². The minimum absolute atomic E-state index is 0.0471. The van der Waals surface area contributed by atoms with E-state index >= 15 is 0 Å². The number of thiophene rings is 1. The molecule has 1 aromatic carbocycles. The molecule has 1 aromatic heterocycles. The van der Waals surface area contributed by atoms with E-state index in [1.807, 2.05) is 23.1 Å². The zero-order valence-corrected chi connectivity index (χ0v) is 15.4. The Balaban J connectivity index is 1.77. The zero-order chi connectivity index (χ0) is 17.8. The molecule has 0 saturated carbocycles. The maximum absolute atomic E-state index is 11.8. The van der Waals surface area contributed by atoms with Crippen molar-refractivity contribution in [3.8, 4) is 10.4 Å². The van der Waals surface area contributed by atoms with Crippen molar-refractivity contribution in [3.05, 3.63) is 41.3 Å². The van der Waals surface area contributed by atoms with E-state index in [4.69, 9.17) is 0 Å². The van der Waals surface area contributed by atoms with Gasteiger partial charge in [-0.05, 0) is 31.4 Å². The monoisotopic (exact) mass is 357 g/mol. The molecule has 3 amide bonds. The van der Waals surface area contributed by atoms with E-state index in [0.717, 1.165) is 29.8 Å². The summed E-state index contributed by atoms with van der Waals surface area (Å²) >= 11 is 1.71. The van der Waals surface area contributed by atoms with Gasteiger partial charge in [0.05, 0.1) is 5.69 Å². The van der Waals surface area contributed by atoms with E-state index in [1.54, 1.807) is 23.3 Å². The first kappa shape index (κ1) is 17.5. The molecule has 0 aliphatic carbocycles. The van der Waals surface area contributed by atoms with Gasteiger partial charge in [-0.3, -0.25) is 4.79 Å². The largest absolute Gasteiger partial charge is 0.341 e. The number of aryl methyl sites for hydroxylation is 1. The first-order chi connectivity index (χ1) is 12.1. The van der Waals surface area contributed by atoms with Crippen LogP contribution in [-0.4, -0.2) is 43.5 Å². The molecule has 1 fully saturated rings. The third-order valence-corrected chi connectivity index (χ3v) is 5.79. The third kappa shape index (κ3) is 3.69. The smallest absolute Gasteiger partial charge is 0.317 e. The molecule has 1 N–H and O–H groups in total. The summed E-state index contributed by atoms with van der Waals surface area (Å²) in [5.41, 5.74) is 2.15. The Bertz CT molecular complexity index is 736. The van der Waals surface area contributed by atoms with E-state index in [-0.39, 0.29) is 12.1 Å². The summed E-state index contributed by atoms with van der Waals surface area (Å²) in [6.45, 7) is 3.40.